The minimum Gasteiger partial charge on any atom is -0.397 e. The lowest BCUT2D eigenvalue weighted by atomic mass is 10.1. The van der Waals surface area contributed by atoms with Crippen LogP contribution >= 0.6 is 0 Å². The van der Waals surface area contributed by atoms with Crippen LogP contribution in [0.3, 0.4) is 0 Å². The van der Waals surface area contributed by atoms with Crippen molar-refractivity contribution < 1.29 is 10.2 Å². The minimum absolute atomic E-state index is 0.239. The Morgan fingerprint density at radius 2 is 1.54 bits per heavy atom. The van der Waals surface area contributed by atoms with Crippen LogP contribution in [0.1, 0.15) is 18.1 Å². The van der Waals surface area contributed by atoms with E-state index in [0.29, 0.717) is 0 Å². The number of benzene rings is 1. The van der Waals surface area contributed by atoms with E-state index in [1.165, 1.54) is 11.1 Å². The molecule has 0 atom stereocenters. The quantitative estimate of drug-likeness (QED) is 0.728. The van der Waals surface area contributed by atoms with E-state index in [4.69, 9.17) is 10.2 Å². The standard InChI is InChI=1S/C9H12O.C2H6O/c1-8-2-4-9(5-3-8)6-7-10;1-2-3/h2-5,10H,6-7H2,1H3;3H,2H2,1H3. The second-order valence-electron chi connectivity index (χ2n) is 2.78. The third-order valence-electron chi connectivity index (χ3n) is 1.52. The Morgan fingerprint density at radius 3 is 1.92 bits per heavy atom. The largest absolute Gasteiger partial charge is 0.397 e. The molecule has 0 radical (unpaired) electrons. The van der Waals surface area contributed by atoms with Gasteiger partial charge in [0.2, 0.25) is 0 Å². The van der Waals surface area contributed by atoms with Gasteiger partial charge in [-0.15, -0.1) is 0 Å². The lowest BCUT2D eigenvalue weighted by Crippen LogP contribution is -1.89. The molecule has 2 heteroatoms. The maximum Gasteiger partial charge on any atom is 0.0471 e. The van der Waals surface area contributed by atoms with Gasteiger partial charge in [0.1, 0.15) is 0 Å². The van der Waals surface area contributed by atoms with Crippen molar-refractivity contribution in [3.63, 3.8) is 0 Å². The summed E-state index contributed by atoms with van der Waals surface area (Å²) < 4.78 is 0. The average molecular weight is 182 g/mol. The summed E-state index contributed by atoms with van der Waals surface area (Å²) in [5.74, 6) is 0. The fourth-order valence-corrected chi connectivity index (χ4v) is 0.884. The summed E-state index contributed by atoms with van der Waals surface area (Å²) in [6, 6.07) is 8.22. The first-order valence-electron chi connectivity index (χ1n) is 4.51. The maximum absolute atomic E-state index is 8.59. The summed E-state index contributed by atoms with van der Waals surface area (Å²) in [6.45, 7) is 4.23. The van der Waals surface area contributed by atoms with Crippen LogP contribution in [-0.2, 0) is 6.42 Å². The monoisotopic (exact) mass is 182 g/mol. The Labute approximate surface area is 79.9 Å². The summed E-state index contributed by atoms with van der Waals surface area (Å²) in [5, 5.41) is 16.2. The molecule has 0 aliphatic rings. The van der Waals surface area contributed by atoms with Gasteiger partial charge in [0, 0.05) is 13.2 Å². The van der Waals surface area contributed by atoms with Crippen molar-refractivity contribution in [1.29, 1.82) is 0 Å². The van der Waals surface area contributed by atoms with Crippen molar-refractivity contribution in [3.8, 4) is 0 Å². The van der Waals surface area contributed by atoms with Crippen LogP contribution < -0.4 is 0 Å². The first-order valence-corrected chi connectivity index (χ1v) is 4.51. The molecule has 0 bridgehead atoms. The van der Waals surface area contributed by atoms with E-state index >= 15 is 0 Å². The number of aliphatic hydroxyl groups excluding tert-OH is 2. The fraction of sp³-hybridized carbons (Fsp3) is 0.455. The van der Waals surface area contributed by atoms with Crippen molar-refractivity contribution in [2.75, 3.05) is 13.2 Å². The highest BCUT2D eigenvalue weighted by Gasteiger charge is 1.88. The van der Waals surface area contributed by atoms with Gasteiger partial charge in [-0.1, -0.05) is 29.8 Å². The molecule has 1 aromatic carbocycles. The highest BCUT2D eigenvalue weighted by Crippen LogP contribution is 2.02. The number of aryl methyl sites for hydroxylation is 1. The zero-order valence-corrected chi connectivity index (χ0v) is 8.33. The van der Waals surface area contributed by atoms with Gasteiger partial charge in [0.15, 0.2) is 0 Å². The Balaban J connectivity index is 0.000000424. The number of hydrogen-bond donors (Lipinski definition) is 2. The predicted molar refractivity (Wildman–Crippen MR) is 54.7 cm³/mol. The van der Waals surface area contributed by atoms with E-state index in [1.54, 1.807) is 6.92 Å². The van der Waals surface area contributed by atoms with Gasteiger partial charge in [-0.3, -0.25) is 0 Å². The molecule has 0 saturated heterocycles. The van der Waals surface area contributed by atoms with Gasteiger partial charge in [0.05, 0.1) is 0 Å². The lowest BCUT2D eigenvalue weighted by Gasteiger charge is -1.96. The molecule has 0 saturated carbocycles. The molecule has 1 aromatic rings. The Morgan fingerprint density at radius 1 is 1.08 bits per heavy atom. The highest BCUT2D eigenvalue weighted by atomic mass is 16.3. The Hall–Kier alpha value is -0.860. The highest BCUT2D eigenvalue weighted by molar-refractivity contribution is 5.21. The van der Waals surface area contributed by atoms with Gasteiger partial charge in [-0.2, -0.15) is 0 Å². The van der Waals surface area contributed by atoms with Crippen LogP contribution in [0.5, 0.6) is 0 Å². The molecule has 0 aliphatic carbocycles. The molecule has 0 spiro atoms. The molecular weight excluding hydrogens is 164 g/mol. The molecule has 2 N–H and O–H groups in total. The predicted octanol–water partition coefficient (Wildman–Crippen LogP) is 1.53. The van der Waals surface area contributed by atoms with Crippen LogP contribution in [0.4, 0.5) is 0 Å². The summed E-state index contributed by atoms with van der Waals surface area (Å²) >= 11 is 0. The Bertz CT molecular complexity index is 204. The zero-order valence-electron chi connectivity index (χ0n) is 8.33. The second-order valence-corrected chi connectivity index (χ2v) is 2.78. The maximum atomic E-state index is 8.59. The minimum atomic E-state index is 0.239. The van der Waals surface area contributed by atoms with Crippen LogP contribution in [0.2, 0.25) is 0 Å². The lowest BCUT2D eigenvalue weighted by molar-refractivity contribution is 0.299. The molecule has 0 amide bonds. The average Bonchev–Trinajstić information content (AvgIpc) is 2.11. The number of aliphatic hydroxyl groups is 2. The van der Waals surface area contributed by atoms with Crippen LogP contribution in [0.15, 0.2) is 24.3 Å². The van der Waals surface area contributed by atoms with Crippen molar-refractivity contribution in [1.82, 2.24) is 0 Å². The van der Waals surface area contributed by atoms with E-state index < -0.39 is 0 Å². The molecule has 2 nitrogen and oxygen atoms in total. The molecule has 0 aromatic heterocycles. The van der Waals surface area contributed by atoms with E-state index in [2.05, 4.69) is 19.1 Å². The number of hydrogen-bond acceptors (Lipinski definition) is 2. The second kappa shape index (κ2) is 7.77. The topological polar surface area (TPSA) is 40.5 Å². The SMILES string of the molecule is CCO.Cc1ccc(CCO)cc1. The van der Waals surface area contributed by atoms with Crippen LogP contribution in [-0.4, -0.2) is 23.4 Å². The van der Waals surface area contributed by atoms with Crippen molar-refractivity contribution in [2.24, 2.45) is 0 Å². The van der Waals surface area contributed by atoms with Crippen LogP contribution in [0, 0.1) is 6.92 Å². The van der Waals surface area contributed by atoms with E-state index in [9.17, 15) is 0 Å². The van der Waals surface area contributed by atoms with Gasteiger partial charge >= 0.3 is 0 Å². The smallest absolute Gasteiger partial charge is 0.0471 e. The van der Waals surface area contributed by atoms with Gasteiger partial charge < -0.3 is 10.2 Å². The summed E-state index contributed by atoms with van der Waals surface area (Å²) in [6.07, 6.45) is 0.764. The molecule has 74 valence electrons. The third-order valence-corrected chi connectivity index (χ3v) is 1.52. The number of rotatable bonds is 2. The van der Waals surface area contributed by atoms with Gasteiger partial charge in [-0.05, 0) is 25.8 Å². The Kier molecular flexibility index (Phi) is 7.26. The van der Waals surface area contributed by atoms with Crippen molar-refractivity contribution >= 4 is 0 Å². The summed E-state index contributed by atoms with van der Waals surface area (Å²) in [4.78, 5) is 0. The van der Waals surface area contributed by atoms with E-state index in [1.807, 2.05) is 12.1 Å². The molecule has 1 rings (SSSR count). The molecular formula is C11H18O2. The van der Waals surface area contributed by atoms with E-state index in [-0.39, 0.29) is 13.2 Å². The first-order chi connectivity index (χ1) is 6.24. The normalized spacial score (nSPS) is 8.92. The molecule has 0 heterocycles. The zero-order chi connectivity index (χ0) is 10.1. The fourth-order valence-electron chi connectivity index (χ4n) is 0.884. The third kappa shape index (κ3) is 6.31. The summed E-state index contributed by atoms with van der Waals surface area (Å²) in [7, 11) is 0. The molecule has 0 aliphatic heterocycles. The van der Waals surface area contributed by atoms with Crippen molar-refractivity contribution in [2.45, 2.75) is 20.3 Å². The van der Waals surface area contributed by atoms with Gasteiger partial charge in [0.25, 0.3) is 0 Å². The van der Waals surface area contributed by atoms with Crippen LogP contribution in [0.25, 0.3) is 0 Å². The molecule has 0 fully saturated rings. The first kappa shape index (κ1) is 12.1. The van der Waals surface area contributed by atoms with Crippen molar-refractivity contribution in [3.05, 3.63) is 35.4 Å². The molecule has 13 heavy (non-hydrogen) atoms. The van der Waals surface area contributed by atoms with E-state index in [0.717, 1.165) is 6.42 Å². The summed E-state index contributed by atoms with van der Waals surface area (Å²) in [5.41, 5.74) is 2.47. The molecule has 0 unspecified atom stereocenters. The van der Waals surface area contributed by atoms with Gasteiger partial charge in [-0.25, -0.2) is 0 Å².